The molecule has 0 saturated heterocycles. The van der Waals surface area contributed by atoms with Crippen LogP contribution in [0, 0.1) is 12.8 Å². The van der Waals surface area contributed by atoms with Crippen LogP contribution in [-0.4, -0.2) is 23.9 Å². The van der Waals surface area contributed by atoms with Gasteiger partial charge in [-0.3, -0.25) is 9.59 Å². The van der Waals surface area contributed by atoms with Gasteiger partial charge in [-0.25, -0.2) is 0 Å². The van der Waals surface area contributed by atoms with Crippen LogP contribution in [0.3, 0.4) is 0 Å². The Hall–Kier alpha value is -1.11. The Morgan fingerprint density at radius 2 is 2.08 bits per heavy atom. The minimum atomic E-state index is -0.445. The molecular formula is C18H27BrClN3O2. The topological polar surface area (TPSA) is 84.2 Å². The van der Waals surface area contributed by atoms with Crippen LogP contribution < -0.4 is 16.4 Å². The molecule has 2 atom stereocenters. The highest BCUT2D eigenvalue weighted by molar-refractivity contribution is 9.10. The summed E-state index contributed by atoms with van der Waals surface area (Å²) in [7, 11) is 0. The lowest BCUT2D eigenvalue weighted by Crippen LogP contribution is -2.53. The van der Waals surface area contributed by atoms with Gasteiger partial charge in [0.05, 0.1) is 5.92 Å². The van der Waals surface area contributed by atoms with Crippen molar-refractivity contribution in [2.24, 2.45) is 11.7 Å². The summed E-state index contributed by atoms with van der Waals surface area (Å²) in [6.45, 7) is 4.21. The Bertz CT molecular complexity index is 622. The van der Waals surface area contributed by atoms with Crippen molar-refractivity contribution in [3.05, 3.63) is 28.2 Å². The molecule has 2 amide bonds. The highest BCUT2D eigenvalue weighted by atomic mass is 79.9. The lowest BCUT2D eigenvalue weighted by molar-refractivity contribution is -0.128. The number of hydrogen-bond acceptors (Lipinski definition) is 3. The number of carbonyl (C=O) groups is 2. The number of hydrogen-bond donors (Lipinski definition) is 3. The number of amides is 2. The molecule has 0 aliphatic heterocycles. The molecule has 0 heterocycles. The van der Waals surface area contributed by atoms with Gasteiger partial charge in [0.25, 0.3) is 0 Å². The van der Waals surface area contributed by atoms with Crippen LogP contribution >= 0.6 is 28.3 Å². The molecule has 4 N–H and O–H groups in total. The highest BCUT2D eigenvalue weighted by Crippen LogP contribution is 2.31. The summed E-state index contributed by atoms with van der Waals surface area (Å²) in [6.07, 6.45) is 4.05. The zero-order valence-corrected chi connectivity index (χ0v) is 17.1. The zero-order valence-electron chi connectivity index (χ0n) is 14.7. The van der Waals surface area contributed by atoms with E-state index < -0.39 is 5.54 Å². The van der Waals surface area contributed by atoms with E-state index in [1.807, 2.05) is 32.0 Å². The Kier molecular flexibility index (Phi) is 8.38. The number of anilines is 1. The molecule has 0 spiro atoms. The van der Waals surface area contributed by atoms with E-state index in [-0.39, 0.29) is 36.6 Å². The fourth-order valence-corrected chi connectivity index (χ4v) is 3.67. The van der Waals surface area contributed by atoms with Crippen LogP contribution in [0.4, 0.5) is 5.69 Å². The summed E-state index contributed by atoms with van der Waals surface area (Å²) in [4.78, 5) is 24.4. The average molecular weight is 433 g/mol. The van der Waals surface area contributed by atoms with Gasteiger partial charge in [0.2, 0.25) is 11.8 Å². The molecule has 1 aliphatic carbocycles. The standard InChI is InChI=1S/C18H26BrN3O2.ClH/c1-12-11-13(19)6-7-15(12)22-16(23)8-10-21-17(24)14-5-3-4-9-18(14,2)20;/h6-7,11,14H,3-5,8-10,20H2,1-2H3,(H,21,24)(H,22,23);1H. The normalized spacial score (nSPS) is 22.6. The van der Waals surface area contributed by atoms with Crippen molar-refractivity contribution in [1.29, 1.82) is 0 Å². The number of aryl methyl sites for hydroxylation is 1. The third kappa shape index (κ3) is 6.28. The summed E-state index contributed by atoms with van der Waals surface area (Å²) in [6, 6.07) is 5.69. The van der Waals surface area contributed by atoms with Crippen LogP contribution in [0.5, 0.6) is 0 Å². The van der Waals surface area contributed by atoms with E-state index in [9.17, 15) is 9.59 Å². The third-order valence-electron chi connectivity index (χ3n) is 4.68. The van der Waals surface area contributed by atoms with Crippen molar-refractivity contribution in [2.75, 3.05) is 11.9 Å². The molecule has 2 rings (SSSR count). The fourth-order valence-electron chi connectivity index (χ4n) is 3.19. The molecule has 0 bridgehead atoms. The monoisotopic (exact) mass is 431 g/mol. The summed E-state index contributed by atoms with van der Waals surface area (Å²) >= 11 is 3.40. The third-order valence-corrected chi connectivity index (χ3v) is 5.18. The Labute approximate surface area is 164 Å². The molecule has 1 aromatic rings. The van der Waals surface area contributed by atoms with E-state index in [1.165, 1.54) is 0 Å². The lowest BCUT2D eigenvalue weighted by atomic mass is 9.74. The van der Waals surface area contributed by atoms with Gasteiger partial charge in [0.15, 0.2) is 0 Å². The molecule has 25 heavy (non-hydrogen) atoms. The molecule has 1 aromatic carbocycles. The molecular weight excluding hydrogens is 406 g/mol. The number of carbonyl (C=O) groups excluding carboxylic acids is 2. The van der Waals surface area contributed by atoms with Crippen molar-refractivity contribution in [2.45, 2.75) is 51.5 Å². The van der Waals surface area contributed by atoms with Crippen LogP contribution in [0.1, 0.15) is 44.6 Å². The van der Waals surface area contributed by atoms with Crippen molar-refractivity contribution < 1.29 is 9.59 Å². The maximum Gasteiger partial charge on any atom is 0.226 e. The largest absolute Gasteiger partial charge is 0.355 e. The second kappa shape index (κ2) is 9.55. The first-order valence-electron chi connectivity index (χ1n) is 8.42. The fraction of sp³-hybridized carbons (Fsp3) is 0.556. The van der Waals surface area contributed by atoms with Crippen molar-refractivity contribution in [3.8, 4) is 0 Å². The van der Waals surface area contributed by atoms with Crippen molar-refractivity contribution in [1.82, 2.24) is 5.32 Å². The Balaban J connectivity index is 0.00000312. The zero-order chi connectivity index (χ0) is 17.7. The molecule has 0 aromatic heterocycles. The minimum Gasteiger partial charge on any atom is -0.355 e. The molecule has 0 radical (unpaired) electrons. The van der Waals surface area contributed by atoms with Crippen molar-refractivity contribution in [3.63, 3.8) is 0 Å². The van der Waals surface area contributed by atoms with Gasteiger partial charge >= 0.3 is 0 Å². The molecule has 140 valence electrons. The van der Waals surface area contributed by atoms with Gasteiger partial charge in [-0.15, -0.1) is 12.4 Å². The number of rotatable bonds is 5. The molecule has 2 unspecified atom stereocenters. The molecule has 5 nitrogen and oxygen atoms in total. The molecule has 1 aliphatic rings. The number of halogens is 2. The van der Waals surface area contributed by atoms with Gasteiger partial charge in [0, 0.05) is 28.7 Å². The first-order chi connectivity index (χ1) is 11.3. The van der Waals surface area contributed by atoms with E-state index in [0.29, 0.717) is 6.54 Å². The van der Waals surface area contributed by atoms with Gasteiger partial charge in [-0.2, -0.15) is 0 Å². The van der Waals surface area contributed by atoms with Crippen molar-refractivity contribution >= 4 is 45.8 Å². The van der Waals surface area contributed by atoms with E-state index in [0.717, 1.165) is 41.4 Å². The summed E-state index contributed by atoms with van der Waals surface area (Å²) in [5, 5.41) is 5.73. The Morgan fingerprint density at radius 3 is 2.72 bits per heavy atom. The van der Waals surface area contributed by atoms with Gasteiger partial charge in [0.1, 0.15) is 0 Å². The Morgan fingerprint density at radius 1 is 1.36 bits per heavy atom. The molecule has 1 saturated carbocycles. The number of nitrogens with one attached hydrogen (secondary N) is 2. The van der Waals surface area contributed by atoms with E-state index in [1.54, 1.807) is 0 Å². The minimum absolute atomic E-state index is 0. The van der Waals surface area contributed by atoms with E-state index in [2.05, 4.69) is 26.6 Å². The maximum absolute atomic E-state index is 12.3. The predicted octanol–water partition coefficient (Wildman–Crippen LogP) is 3.53. The SMILES string of the molecule is Cc1cc(Br)ccc1NC(=O)CCNC(=O)C1CCCCC1(C)N.Cl. The van der Waals surface area contributed by atoms with Gasteiger partial charge < -0.3 is 16.4 Å². The molecule has 7 heteroatoms. The first kappa shape index (κ1) is 21.9. The highest BCUT2D eigenvalue weighted by Gasteiger charge is 2.37. The summed E-state index contributed by atoms with van der Waals surface area (Å²) < 4.78 is 0.975. The van der Waals surface area contributed by atoms with Crippen LogP contribution in [-0.2, 0) is 9.59 Å². The van der Waals surface area contributed by atoms with Crippen LogP contribution in [0.15, 0.2) is 22.7 Å². The van der Waals surface area contributed by atoms with Gasteiger partial charge in [-0.05, 0) is 50.5 Å². The van der Waals surface area contributed by atoms with E-state index in [4.69, 9.17) is 5.73 Å². The summed E-state index contributed by atoms with van der Waals surface area (Å²) in [5.74, 6) is -0.310. The lowest BCUT2D eigenvalue weighted by Gasteiger charge is -2.37. The van der Waals surface area contributed by atoms with E-state index >= 15 is 0 Å². The second-order valence-corrected chi connectivity index (χ2v) is 7.77. The smallest absolute Gasteiger partial charge is 0.226 e. The van der Waals surface area contributed by atoms with Crippen LogP contribution in [0.2, 0.25) is 0 Å². The van der Waals surface area contributed by atoms with Crippen LogP contribution in [0.25, 0.3) is 0 Å². The second-order valence-electron chi connectivity index (χ2n) is 6.85. The quantitative estimate of drug-likeness (QED) is 0.665. The van der Waals surface area contributed by atoms with Gasteiger partial charge in [-0.1, -0.05) is 28.8 Å². The maximum atomic E-state index is 12.3. The predicted molar refractivity (Wildman–Crippen MR) is 107 cm³/mol. The number of nitrogens with two attached hydrogens (primary N) is 1. The number of benzene rings is 1. The first-order valence-corrected chi connectivity index (χ1v) is 9.21. The average Bonchev–Trinajstić information content (AvgIpc) is 2.49. The summed E-state index contributed by atoms with van der Waals surface area (Å²) in [5.41, 5.74) is 7.57. The molecule has 1 fully saturated rings.